The number of fused-ring (bicyclic) bond motifs is 1. The Morgan fingerprint density at radius 3 is 2.89 bits per heavy atom. The molecule has 0 atom stereocenters. The molecule has 0 amide bonds. The summed E-state index contributed by atoms with van der Waals surface area (Å²) >= 11 is 0. The molecule has 0 unspecified atom stereocenters. The Morgan fingerprint density at radius 2 is 2.06 bits per heavy atom. The molecule has 0 bridgehead atoms. The normalized spacial score (nSPS) is 10.7. The van der Waals surface area contributed by atoms with Gasteiger partial charge in [0.15, 0.2) is 5.75 Å². The van der Waals surface area contributed by atoms with E-state index in [2.05, 4.69) is 15.2 Å². The van der Waals surface area contributed by atoms with E-state index in [1.54, 1.807) is 24.5 Å². The highest BCUT2D eigenvalue weighted by Gasteiger charge is 2.10. The van der Waals surface area contributed by atoms with Gasteiger partial charge in [-0.05, 0) is 19.1 Å². The highest BCUT2D eigenvalue weighted by atomic mass is 16.5. The van der Waals surface area contributed by atoms with E-state index in [1.807, 2.05) is 23.5 Å². The van der Waals surface area contributed by atoms with E-state index in [0.29, 0.717) is 23.0 Å². The average Bonchev–Trinajstić information content (AvgIpc) is 2.76. The number of hydrogen-bond acceptors (Lipinski definition) is 5. The number of nitrogens with zero attached hydrogens (tertiary/aromatic N) is 4. The molecular formula is C12H11N5O. The lowest BCUT2D eigenvalue weighted by molar-refractivity contribution is 0.467. The molecule has 0 saturated carbocycles. The van der Waals surface area contributed by atoms with Gasteiger partial charge < -0.3 is 10.5 Å². The quantitative estimate of drug-likeness (QED) is 0.692. The van der Waals surface area contributed by atoms with Gasteiger partial charge in [0.25, 0.3) is 5.88 Å². The van der Waals surface area contributed by atoms with Crippen molar-refractivity contribution in [2.24, 2.45) is 0 Å². The van der Waals surface area contributed by atoms with Crippen LogP contribution in [0.5, 0.6) is 11.6 Å². The van der Waals surface area contributed by atoms with Gasteiger partial charge in [-0.3, -0.25) is 4.40 Å². The highest BCUT2D eigenvalue weighted by molar-refractivity contribution is 5.56. The van der Waals surface area contributed by atoms with Gasteiger partial charge in [-0.2, -0.15) is 0 Å². The van der Waals surface area contributed by atoms with Gasteiger partial charge in [0.1, 0.15) is 5.82 Å². The van der Waals surface area contributed by atoms with Crippen LogP contribution in [-0.2, 0) is 0 Å². The van der Waals surface area contributed by atoms with E-state index in [9.17, 15) is 0 Å². The fraction of sp³-hybridized carbons (Fsp3) is 0.0833. The summed E-state index contributed by atoms with van der Waals surface area (Å²) < 4.78 is 7.48. The summed E-state index contributed by atoms with van der Waals surface area (Å²) in [4.78, 5) is 4.16. The van der Waals surface area contributed by atoms with Crippen molar-refractivity contribution in [1.82, 2.24) is 19.6 Å². The molecule has 0 radical (unpaired) electrons. The molecule has 6 nitrogen and oxygen atoms in total. The van der Waals surface area contributed by atoms with Crippen molar-refractivity contribution in [2.45, 2.75) is 6.92 Å². The van der Waals surface area contributed by atoms with E-state index >= 15 is 0 Å². The first kappa shape index (κ1) is 10.5. The number of ether oxygens (including phenoxy) is 1. The minimum atomic E-state index is 0.385. The Labute approximate surface area is 103 Å². The summed E-state index contributed by atoms with van der Waals surface area (Å²) in [5.74, 6) is 1.72. The lowest BCUT2D eigenvalue weighted by atomic mass is 10.3. The van der Waals surface area contributed by atoms with Crippen LogP contribution in [0.2, 0.25) is 0 Å². The second kappa shape index (κ2) is 3.99. The Balaban J connectivity index is 2.08. The van der Waals surface area contributed by atoms with Crippen LogP contribution in [0.1, 0.15) is 5.82 Å². The van der Waals surface area contributed by atoms with Crippen LogP contribution in [0.3, 0.4) is 0 Å². The van der Waals surface area contributed by atoms with Crippen LogP contribution in [0.15, 0.2) is 36.7 Å². The van der Waals surface area contributed by atoms with E-state index in [4.69, 9.17) is 10.5 Å². The summed E-state index contributed by atoms with van der Waals surface area (Å²) in [5, 5.41) is 8.01. The predicted molar refractivity (Wildman–Crippen MR) is 66.4 cm³/mol. The molecular weight excluding hydrogens is 230 g/mol. The van der Waals surface area contributed by atoms with E-state index < -0.39 is 0 Å². The average molecular weight is 241 g/mol. The van der Waals surface area contributed by atoms with Crippen LogP contribution in [0.25, 0.3) is 5.65 Å². The third-order valence-corrected chi connectivity index (χ3v) is 2.59. The molecule has 2 aromatic heterocycles. The van der Waals surface area contributed by atoms with Gasteiger partial charge in [-0.25, -0.2) is 4.98 Å². The van der Waals surface area contributed by atoms with Crippen LogP contribution in [0.4, 0.5) is 5.69 Å². The van der Waals surface area contributed by atoms with Crippen molar-refractivity contribution >= 4 is 11.3 Å². The topological polar surface area (TPSA) is 78.3 Å². The fourth-order valence-corrected chi connectivity index (χ4v) is 1.67. The molecule has 6 heteroatoms. The smallest absolute Gasteiger partial charge is 0.265 e. The molecule has 0 aliphatic rings. The molecule has 3 aromatic rings. The van der Waals surface area contributed by atoms with Crippen LogP contribution < -0.4 is 10.5 Å². The number of rotatable bonds is 2. The summed E-state index contributed by atoms with van der Waals surface area (Å²) in [5.41, 5.74) is 6.94. The Hall–Kier alpha value is -2.63. The number of benzene rings is 1. The number of aryl methyl sites for hydroxylation is 1. The minimum Gasteiger partial charge on any atom is -0.434 e. The standard InChI is InChI=1S/C12H11N5O/c1-8-15-16-11-12(14-6-7-17(8)11)18-10-5-3-2-4-9(10)13/h2-7H,13H2,1H3. The minimum absolute atomic E-state index is 0.385. The Kier molecular flexibility index (Phi) is 2.33. The maximum Gasteiger partial charge on any atom is 0.265 e. The predicted octanol–water partition coefficient (Wildman–Crippen LogP) is 1.81. The second-order valence-corrected chi connectivity index (χ2v) is 3.81. The molecule has 0 spiro atoms. The largest absolute Gasteiger partial charge is 0.434 e. The number of anilines is 1. The first-order chi connectivity index (χ1) is 8.75. The monoisotopic (exact) mass is 241 g/mol. The maximum absolute atomic E-state index is 5.82. The van der Waals surface area contributed by atoms with Gasteiger partial charge in [-0.15, -0.1) is 10.2 Å². The number of nitrogens with two attached hydrogens (primary N) is 1. The van der Waals surface area contributed by atoms with Crippen LogP contribution >= 0.6 is 0 Å². The molecule has 2 heterocycles. The Bertz CT molecular complexity index is 707. The van der Waals surface area contributed by atoms with Crippen LogP contribution in [0, 0.1) is 6.92 Å². The third kappa shape index (κ3) is 1.64. The van der Waals surface area contributed by atoms with Crippen molar-refractivity contribution < 1.29 is 4.74 Å². The second-order valence-electron chi connectivity index (χ2n) is 3.81. The van der Waals surface area contributed by atoms with E-state index in [0.717, 1.165) is 5.82 Å². The number of nitrogen functional groups attached to an aromatic ring is 1. The van der Waals surface area contributed by atoms with E-state index in [1.165, 1.54) is 0 Å². The van der Waals surface area contributed by atoms with Gasteiger partial charge in [0, 0.05) is 12.4 Å². The molecule has 1 aromatic carbocycles. The van der Waals surface area contributed by atoms with E-state index in [-0.39, 0.29) is 0 Å². The zero-order chi connectivity index (χ0) is 12.5. The number of aromatic nitrogens is 4. The first-order valence-corrected chi connectivity index (χ1v) is 5.44. The zero-order valence-electron chi connectivity index (χ0n) is 9.74. The zero-order valence-corrected chi connectivity index (χ0v) is 9.74. The van der Waals surface area contributed by atoms with Crippen molar-refractivity contribution in [1.29, 1.82) is 0 Å². The third-order valence-electron chi connectivity index (χ3n) is 2.59. The molecule has 0 saturated heterocycles. The SMILES string of the molecule is Cc1nnc2c(Oc3ccccc3N)nccn12. The highest BCUT2D eigenvalue weighted by Crippen LogP contribution is 2.27. The number of hydrogen-bond donors (Lipinski definition) is 1. The molecule has 2 N–H and O–H groups in total. The van der Waals surface area contributed by atoms with Crippen LogP contribution in [-0.4, -0.2) is 19.6 Å². The number of para-hydroxylation sites is 2. The summed E-state index contributed by atoms with van der Waals surface area (Å²) in [7, 11) is 0. The summed E-state index contributed by atoms with van der Waals surface area (Å²) in [6.07, 6.45) is 3.42. The van der Waals surface area contributed by atoms with Gasteiger partial charge in [0.05, 0.1) is 5.69 Å². The fourth-order valence-electron chi connectivity index (χ4n) is 1.67. The summed E-state index contributed by atoms with van der Waals surface area (Å²) in [6, 6.07) is 7.24. The van der Waals surface area contributed by atoms with Crippen molar-refractivity contribution in [3.8, 4) is 11.6 Å². The molecule has 3 rings (SSSR count). The lowest BCUT2D eigenvalue weighted by Gasteiger charge is -2.07. The van der Waals surface area contributed by atoms with Gasteiger partial charge in [0.2, 0.25) is 5.65 Å². The van der Waals surface area contributed by atoms with Crippen molar-refractivity contribution in [3.05, 3.63) is 42.5 Å². The van der Waals surface area contributed by atoms with Gasteiger partial charge >= 0.3 is 0 Å². The Morgan fingerprint density at radius 1 is 1.22 bits per heavy atom. The van der Waals surface area contributed by atoms with Gasteiger partial charge in [-0.1, -0.05) is 12.1 Å². The molecule has 0 aliphatic carbocycles. The molecule has 0 fully saturated rings. The maximum atomic E-state index is 5.82. The molecule has 18 heavy (non-hydrogen) atoms. The molecule has 90 valence electrons. The van der Waals surface area contributed by atoms with Crippen molar-refractivity contribution in [3.63, 3.8) is 0 Å². The lowest BCUT2D eigenvalue weighted by Crippen LogP contribution is -1.96. The first-order valence-electron chi connectivity index (χ1n) is 5.44. The van der Waals surface area contributed by atoms with Crippen molar-refractivity contribution in [2.75, 3.05) is 5.73 Å². The molecule has 0 aliphatic heterocycles. The summed E-state index contributed by atoms with van der Waals surface area (Å²) in [6.45, 7) is 1.86.